The van der Waals surface area contributed by atoms with Crippen LogP contribution in [0.4, 0.5) is 23.0 Å². The zero-order valence-electron chi connectivity index (χ0n) is 15.5. The molecule has 11 nitrogen and oxygen atoms in total. The molecule has 0 fully saturated rings. The largest absolute Gasteiger partial charge is 0.486 e. The summed E-state index contributed by atoms with van der Waals surface area (Å²) >= 11 is 0. The third kappa shape index (κ3) is 4.04. The molecule has 0 bridgehead atoms. The van der Waals surface area contributed by atoms with Crippen LogP contribution in [-0.4, -0.2) is 34.0 Å². The number of carbonyl (C=O) groups excluding carboxylic acids is 1. The van der Waals surface area contributed by atoms with Crippen molar-refractivity contribution in [2.75, 3.05) is 24.0 Å². The van der Waals surface area contributed by atoms with Crippen LogP contribution in [0.5, 0.6) is 11.5 Å². The van der Waals surface area contributed by atoms with Crippen molar-refractivity contribution < 1.29 is 19.2 Å². The Balaban J connectivity index is 1.55. The molecule has 2 heterocycles. The molecule has 1 amide bonds. The van der Waals surface area contributed by atoms with Crippen molar-refractivity contribution in [2.45, 2.75) is 0 Å². The molecule has 3 N–H and O–H groups in total. The average molecular weight is 408 g/mol. The number of nitrogens with zero attached hydrogens (tertiary/aromatic N) is 3. The number of hydrogen-bond acceptors (Lipinski definition) is 9. The van der Waals surface area contributed by atoms with E-state index in [1.807, 2.05) is 0 Å². The number of hydrogen-bond donors (Lipinski definition) is 3. The lowest BCUT2D eigenvalue weighted by Crippen LogP contribution is -2.30. The fraction of sp³-hybridized carbons (Fsp3) is 0.105. The van der Waals surface area contributed by atoms with Crippen molar-refractivity contribution in [3.8, 4) is 11.5 Å². The molecule has 2 aromatic carbocycles. The maximum atomic E-state index is 12.2. The van der Waals surface area contributed by atoms with E-state index in [4.69, 9.17) is 9.47 Å². The molecule has 1 aromatic heterocycles. The Morgan fingerprint density at radius 1 is 1.00 bits per heavy atom. The summed E-state index contributed by atoms with van der Waals surface area (Å²) in [7, 11) is 0. The highest BCUT2D eigenvalue weighted by Gasteiger charge is 2.24. The number of benzene rings is 2. The number of nitro groups is 1. The van der Waals surface area contributed by atoms with E-state index in [1.165, 1.54) is 0 Å². The van der Waals surface area contributed by atoms with Gasteiger partial charge in [0.2, 0.25) is 11.6 Å². The summed E-state index contributed by atoms with van der Waals surface area (Å²) < 4.78 is 11.0. The van der Waals surface area contributed by atoms with Crippen LogP contribution < -0.4 is 25.6 Å². The monoisotopic (exact) mass is 408 g/mol. The van der Waals surface area contributed by atoms with Crippen molar-refractivity contribution >= 4 is 28.9 Å². The van der Waals surface area contributed by atoms with Gasteiger partial charge >= 0.3 is 5.69 Å². The summed E-state index contributed by atoms with van der Waals surface area (Å²) in [5.41, 5.74) is 5.36. The maximum Gasteiger partial charge on any atom is 0.355 e. The number of ether oxygens (including phenoxy) is 2. The molecular weight excluding hydrogens is 392 g/mol. The number of fused-ring (bicyclic) bond motifs is 1. The first-order chi connectivity index (χ1) is 14.6. The van der Waals surface area contributed by atoms with Crippen LogP contribution in [0.15, 0.2) is 54.9 Å². The summed E-state index contributed by atoms with van der Waals surface area (Å²) in [6.45, 7) is 0.875. The van der Waals surface area contributed by atoms with Crippen LogP contribution in [0.25, 0.3) is 0 Å². The van der Waals surface area contributed by atoms with Gasteiger partial charge in [-0.3, -0.25) is 25.8 Å². The fourth-order valence-corrected chi connectivity index (χ4v) is 2.77. The Bertz CT molecular complexity index is 1090. The molecule has 0 atom stereocenters. The molecule has 0 saturated carbocycles. The Morgan fingerprint density at radius 3 is 2.50 bits per heavy atom. The van der Waals surface area contributed by atoms with Crippen molar-refractivity contribution in [3.05, 3.63) is 70.5 Å². The standard InChI is InChI=1S/C19H16N6O5/c26-19(12-4-2-1-3-5-12)24-23-18-16(25(27)28)17(20-11-21-18)22-13-6-7-14-15(10-13)30-9-8-29-14/h1-7,10-11H,8-9H2,(H,24,26)(H2,20,21,22,23). The minimum absolute atomic E-state index is 0.0527. The second-order valence-electron chi connectivity index (χ2n) is 6.11. The SMILES string of the molecule is O=C(NNc1ncnc(Nc2ccc3c(c2)OCCO3)c1[N+](=O)[O-])c1ccccc1. The van der Waals surface area contributed by atoms with Gasteiger partial charge in [-0.2, -0.15) is 0 Å². The van der Waals surface area contributed by atoms with E-state index in [9.17, 15) is 14.9 Å². The van der Waals surface area contributed by atoms with E-state index in [0.717, 1.165) is 6.33 Å². The van der Waals surface area contributed by atoms with E-state index in [-0.39, 0.29) is 11.6 Å². The Morgan fingerprint density at radius 2 is 1.73 bits per heavy atom. The van der Waals surface area contributed by atoms with Crippen LogP contribution >= 0.6 is 0 Å². The molecule has 30 heavy (non-hydrogen) atoms. The van der Waals surface area contributed by atoms with Crippen LogP contribution in [0.2, 0.25) is 0 Å². The lowest BCUT2D eigenvalue weighted by atomic mass is 10.2. The van der Waals surface area contributed by atoms with Crippen molar-refractivity contribution in [3.63, 3.8) is 0 Å². The first-order valence-corrected chi connectivity index (χ1v) is 8.89. The fourth-order valence-electron chi connectivity index (χ4n) is 2.77. The lowest BCUT2D eigenvalue weighted by molar-refractivity contribution is -0.383. The Labute approximate surface area is 170 Å². The number of anilines is 3. The molecule has 0 saturated heterocycles. The van der Waals surface area contributed by atoms with Crippen molar-refractivity contribution in [1.82, 2.24) is 15.4 Å². The van der Waals surface area contributed by atoms with Gasteiger partial charge in [0.1, 0.15) is 19.5 Å². The average Bonchev–Trinajstić information content (AvgIpc) is 2.78. The minimum atomic E-state index is -0.642. The van der Waals surface area contributed by atoms with Gasteiger partial charge in [-0.25, -0.2) is 9.97 Å². The van der Waals surface area contributed by atoms with Crippen LogP contribution in [-0.2, 0) is 0 Å². The number of hydrazine groups is 1. The third-order valence-electron chi connectivity index (χ3n) is 4.14. The topological polar surface area (TPSA) is 141 Å². The van der Waals surface area contributed by atoms with Gasteiger partial charge in [0, 0.05) is 17.3 Å². The van der Waals surface area contributed by atoms with Crippen LogP contribution in [0, 0.1) is 10.1 Å². The normalized spacial score (nSPS) is 12.0. The molecule has 1 aliphatic rings. The molecule has 11 heteroatoms. The Hall–Kier alpha value is -4.41. The maximum absolute atomic E-state index is 12.2. The highest BCUT2D eigenvalue weighted by Crippen LogP contribution is 2.36. The van der Waals surface area contributed by atoms with E-state index < -0.39 is 16.5 Å². The number of rotatable bonds is 6. The summed E-state index contributed by atoms with van der Waals surface area (Å²) in [5.74, 6) is 0.429. The molecule has 4 rings (SSSR count). The summed E-state index contributed by atoms with van der Waals surface area (Å²) in [6.07, 6.45) is 1.14. The van der Waals surface area contributed by atoms with E-state index in [1.54, 1.807) is 48.5 Å². The molecule has 0 spiro atoms. The molecule has 3 aromatic rings. The van der Waals surface area contributed by atoms with Crippen LogP contribution in [0.1, 0.15) is 10.4 Å². The number of aromatic nitrogens is 2. The predicted molar refractivity (Wildman–Crippen MR) is 107 cm³/mol. The smallest absolute Gasteiger partial charge is 0.355 e. The van der Waals surface area contributed by atoms with Gasteiger partial charge in [-0.05, 0) is 24.3 Å². The first kappa shape index (κ1) is 18.9. The zero-order valence-corrected chi connectivity index (χ0v) is 15.5. The zero-order chi connectivity index (χ0) is 20.9. The van der Waals surface area contributed by atoms with Crippen molar-refractivity contribution in [1.29, 1.82) is 0 Å². The summed E-state index contributed by atoms with van der Waals surface area (Å²) in [6, 6.07) is 13.4. The second-order valence-corrected chi connectivity index (χ2v) is 6.11. The second kappa shape index (κ2) is 8.31. The van der Waals surface area contributed by atoms with Crippen molar-refractivity contribution in [2.24, 2.45) is 0 Å². The van der Waals surface area contributed by atoms with Gasteiger partial charge in [-0.15, -0.1) is 0 Å². The van der Waals surface area contributed by atoms with E-state index in [2.05, 4.69) is 26.1 Å². The molecule has 1 aliphatic heterocycles. The first-order valence-electron chi connectivity index (χ1n) is 8.89. The molecular formula is C19H16N6O5. The Kier molecular flexibility index (Phi) is 5.24. The third-order valence-corrected chi connectivity index (χ3v) is 4.14. The van der Waals surface area contributed by atoms with E-state index >= 15 is 0 Å². The molecule has 0 unspecified atom stereocenters. The van der Waals surface area contributed by atoms with E-state index in [0.29, 0.717) is 36.0 Å². The summed E-state index contributed by atoms with van der Waals surface area (Å²) in [4.78, 5) is 31.0. The van der Waals surface area contributed by atoms with Gasteiger partial charge in [0.15, 0.2) is 11.5 Å². The van der Waals surface area contributed by atoms with Gasteiger partial charge < -0.3 is 14.8 Å². The van der Waals surface area contributed by atoms with Gasteiger partial charge in [0.25, 0.3) is 5.91 Å². The molecule has 0 aliphatic carbocycles. The number of amides is 1. The van der Waals surface area contributed by atoms with Gasteiger partial charge in [0.05, 0.1) is 4.92 Å². The van der Waals surface area contributed by atoms with Crippen LogP contribution in [0.3, 0.4) is 0 Å². The quantitative estimate of drug-likeness (QED) is 0.414. The number of carbonyl (C=O) groups is 1. The molecule has 0 radical (unpaired) electrons. The molecule has 152 valence electrons. The predicted octanol–water partition coefficient (Wildman–Crippen LogP) is 2.66. The minimum Gasteiger partial charge on any atom is -0.486 e. The highest BCUT2D eigenvalue weighted by molar-refractivity contribution is 5.95. The highest BCUT2D eigenvalue weighted by atomic mass is 16.6. The number of nitrogens with one attached hydrogen (secondary N) is 3. The van der Waals surface area contributed by atoms with Gasteiger partial charge in [-0.1, -0.05) is 18.2 Å². The summed E-state index contributed by atoms with van der Waals surface area (Å²) in [5, 5.41) is 14.6. The lowest BCUT2D eigenvalue weighted by Gasteiger charge is -2.19.